The lowest BCUT2D eigenvalue weighted by atomic mass is 9.69. The van der Waals surface area contributed by atoms with Gasteiger partial charge in [0.2, 0.25) is 0 Å². The summed E-state index contributed by atoms with van der Waals surface area (Å²) in [5.74, 6) is -2.18. The predicted molar refractivity (Wildman–Crippen MR) is 130 cm³/mol. The van der Waals surface area contributed by atoms with Crippen LogP contribution >= 0.6 is 11.6 Å². The lowest BCUT2D eigenvalue weighted by Crippen LogP contribution is -2.71. The minimum Gasteiger partial charge on any atom is -0.493 e. The van der Waals surface area contributed by atoms with Crippen LogP contribution in [0.25, 0.3) is 11.1 Å². The van der Waals surface area contributed by atoms with Gasteiger partial charge in [-0.15, -0.1) is 0 Å². The second kappa shape index (κ2) is 10.3. The fraction of sp³-hybridized carbons (Fsp3) is 0.440. The van der Waals surface area contributed by atoms with Gasteiger partial charge in [0.25, 0.3) is 0 Å². The first-order valence-electron chi connectivity index (χ1n) is 11.6. The number of carbonyl (C=O) groups is 2. The van der Waals surface area contributed by atoms with Crippen LogP contribution in [-0.4, -0.2) is 46.1 Å². The van der Waals surface area contributed by atoms with E-state index in [1.165, 1.54) is 13.5 Å². The van der Waals surface area contributed by atoms with Gasteiger partial charge in [-0.3, -0.25) is 25.2 Å². The standard InChI is InChI=1S/C25H29ClN4O5/c1-4-18(24(32)33)25(30-12-17-10-16(26)5-6-27-17)19(7-14(2)11-29-25)22(31)15-8-20-23(35-13-28-20)21(9-15)34-3/h5-6,8-10,13-14,18-19,29-30H,4,7,11-12H2,1-3H3,(H,32,33). The molecule has 2 aromatic heterocycles. The third-order valence-corrected chi connectivity index (χ3v) is 6.98. The quantitative estimate of drug-likeness (QED) is 0.375. The Hall–Kier alpha value is -3.01. The van der Waals surface area contributed by atoms with Crippen molar-refractivity contribution in [2.24, 2.45) is 17.8 Å². The summed E-state index contributed by atoms with van der Waals surface area (Å²) in [4.78, 5) is 35.1. The van der Waals surface area contributed by atoms with Gasteiger partial charge < -0.3 is 14.3 Å². The normalized spacial score (nSPS) is 23.2. The van der Waals surface area contributed by atoms with Crippen molar-refractivity contribution in [3.8, 4) is 5.75 Å². The van der Waals surface area contributed by atoms with Crippen LogP contribution in [0.2, 0.25) is 5.02 Å². The van der Waals surface area contributed by atoms with E-state index >= 15 is 0 Å². The van der Waals surface area contributed by atoms with Gasteiger partial charge >= 0.3 is 5.97 Å². The van der Waals surface area contributed by atoms with Gasteiger partial charge in [0.1, 0.15) is 5.52 Å². The molecule has 1 aliphatic heterocycles. The highest BCUT2D eigenvalue weighted by molar-refractivity contribution is 6.30. The Morgan fingerprint density at radius 2 is 2.17 bits per heavy atom. The highest BCUT2D eigenvalue weighted by atomic mass is 35.5. The van der Waals surface area contributed by atoms with Gasteiger partial charge in [0.05, 0.1) is 30.3 Å². The van der Waals surface area contributed by atoms with Gasteiger partial charge in [0, 0.05) is 23.3 Å². The monoisotopic (exact) mass is 500 g/mol. The number of nitrogens with one attached hydrogen (secondary N) is 2. The molecular weight excluding hydrogens is 472 g/mol. The first kappa shape index (κ1) is 25.1. The van der Waals surface area contributed by atoms with E-state index in [1.54, 1.807) is 30.5 Å². The van der Waals surface area contributed by atoms with E-state index in [0.717, 1.165) is 0 Å². The van der Waals surface area contributed by atoms with E-state index in [4.69, 9.17) is 20.8 Å². The van der Waals surface area contributed by atoms with Crippen LogP contribution in [0.4, 0.5) is 0 Å². The number of rotatable bonds is 9. The van der Waals surface area contributed by atoms with E-state index in [0.29, 0.717) is 52.5 Å². The van der Waals surface area contributed by atoms with Crippen LogP contribution in [0, 0.1) is 17.8 Å². The summed E-state index contributed by atoms with van der Waals surface area (Å²) >= 11 is 6.13. The van der Waals surface area contributed by atoms with Gasteiger partial charge in [-0.2, -0.15) is 0 Å². The summed E-state index contributed by atoms with van der Waals surface area (Å²) < 4.78 is 10.8. The topological polar surface area (TPSA) is 127 Å². The molecule has 10 heteroatoms. The highest BCUT2D eigenvalue weighted by Gasteiger charge is 2.53. The van der Waals surface area contributed by atoms with Gasteiger partial charge in [-0.05, 0) is 49.6 Å². The van der Waals surface area contributed by atoms with E-state index in [-0.39, 0.29) is 18.2 Å². The molecule has 0 saturated carbocycles. The molecule has 0 spiro atoms. The second-order valence-electron chi connectivity index (χ2n) is 9.00. The molecule has 9 nitrogen and oxygen atoms in total. The zero-order chi connectivity index (χ0) is 25.2. The van der Waals surface area contributed by atoms with Crippen LogP contribution in [0.5, 0.6) is 5.75 Å². The molecule has 1 aromatic carbocycles. The third-order valence-electron chi connectivity index (χ3n) is 6.75. The number of hydrogen-bond donors (Lipinski definition) is 3. The van der Waals surface area contributed by atoms with Crippen LogP contribution in [-0.2, 0) is 11.3 Å². The molecule has 4 rings (SSSR count). The van der Waals surface area contributed by atoms with Crippen molar-refractivity contribution in [3.05, 3.63) is 53.1 Å². The Morgan fingerprint density at radius 3 is 2.86 bits per heavy atom. The maximum absolute atomic E-state index is 14.1. The van der Waals surface area contributed by atoms with E-state index < -0.39 is 23.5 Å². The number of nitrogens with zero attached hydrogens (tertiary/aromatic N) is 2. The molecular formula is C25H29ClN4O5. The number of ketones is 1. The van der Waals surface area contributed by atoms with Crippen LogP contribution in [0.1, 0.15) is 42.7 Å². The summed E-state index contributed by atoms with van der Waals surface area (Å²) in [6.45, 7) is 4.65. The fourth-order valence-corrected chi connectivity index (χ4v) is 5.22. The SMILES string of the molecule is CCC(C(=O)O)C1(NCc2cc(Cl)ccn2)NCC(C)CC1C(=O)c1cc(OC)c2ocnc2c1. The first-order chi connectivity index (χ1) is 16.8. The molecule has 3 aromatic rings. The fourth-order valence-electron chi connectivity index (χ4n) is 5.03. The van der Waals surface area contributed by atoms with Crippen molar-refractivity contribution in [2.75, 3.05) is 13.7 Å². The second-order valence-corrected chi connectivity index (χ2v) is 9.44. The zero-order valence-electron chi connectivity index (χ0n) is 19.9. The molecule has 4 unspecified atom stereocenters. The van der Waals surface area contributed by atoms with Gasteiger partial charge in [0.15, 0.2) is 23.5 Å². The largest absolute Gasteiger partial charge is 0.493 e. The highest BCUT2D eigenvalue weighted by Crippen LogP contribution is 2.39. The number of pyridine rings is 1. The molecule has 35 heavy (non-hydrogen) atoms. The number of aromatic nitrogens is 2. The molecule has 1 saturated heterocycles. The molecule has 186 valence electrons. The Balaban J connectivity index is 1.78. The number of fused-ring (bicyclic) bond motifs is 1. The van der Waals surface area contributed by atoms with Crippen molar-refractivity contribution in [3.63, 3.8) is 0 Å². The number of carbonyl (C=O) groups excluding carboxylic acids is 1. The summed E-state index contributed by atoms with van der Waals surface area (Å²) in [5, 5.41) is 17.5. The van der Waals surface area contributed by atoms with Crippen LogP contribution < -0.4 is 15.4 Å². The molecule has 0 aliphatic carbocycles. The molecule has 3 N–H and O–H groups in total. The summed E-state index contributed by atoms with van der Waals surface area (Å²) in [7, 11) is 1.50. The van der Waals surface area contributed by atoms with Crippen molar-refractivity contribution < 1.29 is 23.8 Å². The predicted octanol–water partition coefficient (Wildman–Crippen LogP) is 3.91. The number of methoxy groups -OCH3 is 1. The van der Waals surface area contributed by atoms with Crippen molar-refractivity contribution in [1.82, 2.24) is 20.6 Å². The molecule has 0 radical (unpaired) electrons. The lowest BCUT2D eigenvalue weighted by molar-refractivity contribution is -0.148. The number of halogens is 1. The number of aliphatic carboxylic acids is 1. The lowest BCUT2D eigenvalue weighted by Gasteiger charge is -2.50. The zero-order valence-corrected chi connectivity index (χ0v) is 20.6. The Labute approximate surface area is 208 Å². The summed E-state index contributed by atoms with van der Waals surface area (Å²) in [6.07, 6.45) is 3.72. The van der Waals surface area contributed by atoms with Crippen LogP contribution in [0.15, 0.2) is 41.3 Å². The van der Waals surface area contributed by atoms with E-state index in [9.17, 15) is 14.7 Å². The minimum atomic E-state index is -1.21. The van der Waals surface area contributed by atoms with Gasteiger partial charge in [-0.25, -0.2) is 4.98 Å². The number of piperidine rings is 1. The molecule has 1 fully saturated rings. The molecule has 4 atom stereocenters. The van der Waals surface area contributed by atoms with Crippen molar-refractivity contribution in [2.45, 2.75) is 38.9 Å². The number of hydrogen-bond acceptors (Lipinski definition) is 8. The number of Topliss-reactive ketones (excluding diaryl/α,β-unsaturated/α-hetero) is 1. The molecule has 0 amide bonds. The Kier molecular flexibility index (Phi) is 7.39. The minimum absolute atomic E-state index is 0.159. The van der Waals surface area contributed by atoms with E-state index in [1.807, 2.05) is 13.8 Å². The Morgan fingerprint density at radius 1 is 1.37 bits per heavy atom. The molecule has 3 heterocycles. The third kappa shape index (κ3) is 4.89. The summed E-state index contributed by atoms with van der Waals surface area (Å²) in [5.41, 5.74) is 0.773. The maximum atomic E-state index is 14.1. The number of carboxylic acid groups (broad SMARTS) is 1. The molecule has 1 aliphatic rings. The average molecular weight is 501 g/mol. The van der Waals surface area contributed by atoms with E-state index in [2.05, 4.69) is 20.6 Å². The Bertz CT molecular complexity index is 1230. The number of carboxylic acids is 1. The molecule has 0 bridgehead atoms. The number of benzene rings is 1. The average Bonchev–Trinajstić information content (AvgIpc) is 3.32. The number of oxazole rings is 1. The van der Waals surface area contributed by atoms with Crippen LogP contribution in [0.3, 0.4) is 0 Å². The van der Waals surface area contributed by atoms with Gasteiger partial charge in [-0.1, -0.05) is 25.4 Å². The maximum Gasteiger partial charge on any atom is 0.309 e. The van der Waals surface area contributed by atoms with Crippen molar-refractivity contribution in [1.29, 1.82) is 0 Å². The summed E-state index contributed by atoms with van der Waals surface area (Å²) in [6, 6.07) is 6.68. The number of ether oxygens (including phenoxy) is 1. The smallest absolute Gasteiger partial charge is 0.309 e. The first-order valence-corrected chi connectivity index (χ1v) is 12.0. The van der Waals surface area contributed by atoms with Crippen molar-refractivity contribution >= 4 is 34.5 Å².